The standard InChI is InChI=1S/C30H35Cl2NO/c1-2-3-4-5-6-7-8-9-10-11-20-34-26-16-14-25(15-17-26)33-29-21-23(31)12-18-27(29)28-19-13-24(32)22-30(28)33/h12-19,21-22H,2-11,20H2,1H3. The SMILES string of the molecule is CCCCCCCCCCCCOc1ccc(-n2c3cc(Cl)ccc3c3ccc(Cl)cc32)cc1. The van der Waals surface area contributed by atoms with Crippen LogP contribution >= 0.6 is 23.2 Å². The molecule has 0 amide bonds. The van der Waals surface area contributed by atoms with Crippen LogP contribution in [-0.2, 0) is 0 Å². The van der Waals surface area contributed by atoms with Crippen molar-refractivity contribution in [3.63, 3.8) is 0 Å². The molecule has 0 radical (unpaired) electrons. The number of hydrogen-bond donors (Lipinski definition) is 0. The van der Waals surface area contributed by atoms with E-state index >= 15 is 0 Å². The summed E-state index contributed by atoms with van der Waals surface area (Å²) in [7, 11) is 0. The summed E-state index contributed by atoms with van der Waals surface area (Å²) in [5.41, 5.74) is 3.21. The number of rotatable bonds is 13. The number of fused-ring (bicyclic) bond motifs is 3. The van der Waals surface area contributed by atoms with Gasteiger partial charge in [0.05, 0.1) is 17.6 Å². The van der Waals surface area contributed by atoms with Crippen molar-refractivity contribution in [1.29, 1.82) is 0 Å². The highest BCUT2D eigenvalue weighted by molar-refractivity contribution is 6.32. The van der Waals surface area contributed by atoms with Crippen LogP contribution in [0.25, 0.3) is 27.5 Å². The topological polar surface area (TPSA) is 14.2 Å². The Bertz CT molecular complexity index is 1140. The average molecular weight is 497 g/mol. The van der Waals surface area contributed by atoms with Gasteiger partial charge in [-0.1, -0.05) is 100 Å². The Morgan fingerprint density at radius 1 is 0.618 bits per heavy atom. The number of unbranched alkanes of at least 4 members (excludes halogenated alkanes) is 9. The van der Waals surface area contributed by atoms with Gasteiger partial charge in [0.25, 0.3) is 0 Å². The summed E-state index contributed by atoms with van der Waals surface area (Å²) in [6, 6.07) is 20.4. The molecule has 0 aliphatic rings. The van der Waals surface area contributed by atoms with Gasteiger partial charge in [-0.25, -0.2) is 0 Å². The smallest absolute Gasteiger partial charge is 0.119 e. The van der Waals surface area contributed by atoms with Crippen LogP contribution in [0.3, 0.4) is 0 Å². The molecule has 0 unspecified atom stereocenters. The minimum Gasteiger partial charge on any atom is -0.494 e. The molecule has 0 spiro atoms. The molecule has 0 bridgehead atoms. The lowest BCUT2D eigenvalue weighted by molar-refractivity contribution is 0.304. The fraction of sp³-hybridized carbons (Fsp3) is 0.400. The van der Waals surface area contributed by atoms with Crippen molar-refractivity contribution in [2.75, 3.05) is 6.61 Å². The lowest BCUT2D eigenvalue weighted by atomic mass is 10.1. The lowest BCUT2D eigenvalue weighted by Gasteiger charge is -2.10. The Morgan fingerprint density at radius 3 is 1.65 bits per heavy atom. The van der Waals surface area contributed by atoms with Crippen LogP contribution in [-0.4, -0.2) is 11.2 Å². The predicted molar refractivity (Wildman–Crippen MR) is 148 cm³/mol. The second kappa shape index (κ2) is 12.5. The van der Waals surface area contributed by atoms with Crippen LogP contribution in [0.15, 0.2) is 60.7 Å². The highest BCUT2D eigenvalue weighted by Crippen LogP contribution is 2.35. The van der Waals surface area contributed by atoms with E-state index in [9.17, 15) is 0 Å². The molecule has 2 nitrogen and oxygen atoms in total. The second-order valence-electron chi connectivity index (χ2n) is 9.18. The fourth-order valence-corrected chi connectivity index (χ4v) is 5.05. The number of ether oxygens (including phenoxy) is 1. The van der Waals surface area contributed by atoms with Crippen molar-refractivity contribution >= 4 is 45.0 Å². The molecule has 1 aromatic heterocycles. The van der Waals surface area contributed by atoms with Crippen molar-refractivity contribution < 1.29 is 4.74 Å². The third-order valence-corrected chi connectivity index (χ3v) is 7.02. The molecule has 4 aromatic rings. The van der Waals surface area contributed by atoms with Crippen LogP contribution in [0.4, 0.5) is 0 Å². The molecular formula is C30H35Cl2NO. The van der Waals surface area contributed by atoms with Crippen molar-refractivity contribution in [3.8, 4) is 11.4 Å². The van der Waals surface area contributed by atoms with Gasteiger partial charge in [0.2, 0.25) is 0 Å². The summed E-state index contributed by atoms with van der Waals surface area (Å²) < 4.78 is 8.23. The summed E-state index contributed by atoms with van der Waals surface area (Å²) in [4.78, 5) is 0. The van der Waals surface area contributed by atoms with E-state index in [0.29, 0.717) is 0 Å². The molecule has 0 fully saturated rings. The van der Waals surface area contributed by atoms with E-state index in [4.69, 9.17) is 27.9 Å². The van der Waals surface area contributed by atoms with E-state index in [0.717, 1.165) is 56.3 Å². The first-order chi connectivity index (χ1) is 16.7. The molecular weight excluding hydrogens is 461 g/mol. The van der Waals surface area contributed by atoms with Crippen LogP contribution in [0.5, 0.6) is 5.75 Å². The van der Waals surface area contributed by atoms with Crippen molar-refractivity contribution in [2.45, 2.75) is 71.1 Å². The molecule has 3 aromatic carbocycles. The largest absolute Gasteiger partial charge is 0.494 e. The Balaban J connectivity index is 1.33. The van der Waals surface area contributed by atoms with Gasteiger partial charge in [0.1, 0.15) is 5.75 Å². The van der Waals surface area contributed by atoms with Gasteiger partial charge in [-0.2, -0.15) is 0 Å². The summed E-state index contributed by atoms with van der Waals surface area (Å²) in [5.74, 6) is 0.913. The highest BCUT2D eigenvalue weighted by Gasteiger charge is 2.13. The second-order valence-corrected chi connectivity index (χ2v) is 10.1. The monoisotopic (exact) mass is 495 g/mol. The van der Waals surface area contributed by atoms with Gasteiger partial charge < -0.3 is 9.30 Å². The number of benzene rings is 3. The maximum absolute atomic E-state index is 6.34. The van der Waals surface area contributed by atoms with Crippen LogP contribution in [0.2, 0.25) is 10.0 Å². The molecule has 0 atom stereocenters. The highest BCUT2D eigenvalue weighted by atomic mass is 35.5. The number of halogens is 2. The van der Waals surface area contributed by atoms with E-state index < -0.39 is 0 Å². The normalized spacial score (nSPS) is 11.5. The zero-order valence-corrected chi connectivity index (χ0v) is 21.7. The molecule has 34 heavy (non-hydrogen) atoms. The van der Waals surface area contributed by atoms with E-state index in [2.05, 4.69) is 47.9 Å². The molecule has 4 rings (SSSR count). The first kappa shape index (κ1) is 24.9. The molecule has 0 saturated carbocycles. The molecule has 180 valence electrons. The van der Waals surface area contributed by atoms with Crippen LogP contribution in [0.1, 0.15) is 71.1 Å². The molecule has 4 heteroatoms. The minimum absolute atomic E-state index is 0.721. The van der Waals surface area contributed by atoms with Crippen molar-refractivity contribution in [3.05, 3.63) is 70.7 Å². The van der Waals surface area contributed by atoms with Gasteiger partial charge in [0.15, 0.2) is 0 Å². The Kier molecular flexibility index (Phi) is 9.18. The van der Waals surface area contributed by atoms with E-state index in [1.54, 1.807) is 0 Å². The van der Waals surface area contributed by atoms with Gasteiger partial charge in [-0.3, -0.25) is 0 Å². The molecule has 1 heterocycles. The lowest BCUT2D eigenvalue weighted by Crippen LogP contribution is -1.98. The Labute approximate surface area is 213 Å². The third-order valence-electron chi connectivity index (χ3n) is 6.55. The molecule has 0 saturated heterocycles. The van der Waals surface area contributed by atoms with Crippen LogP contribution in [0, 0.1) is 0 Å². The summed E-state index contributed by atoms with van der Waals surface area (Å²) in [6.45, 7) is 3.05. The maximum atomic E-state index is 6.34. The Morgan fingerprint density at radius 2 is 1.12 bits per heavy atom. The maximum Gasteiger partial charge on any atom is 0.119 e. The zero-order chi connectivity index (χ0) is 23.8. The zero-order valence-electron chi connectivity index (χ0n) is 20.2. The van der Waals surface area contributed by atoms with Gasteiger partial charge in [-0.05, 0) is 55.0 Å². The van der Waals surface area contributed by atoms with Gasteiger partial charge >= 0.3 is 0 Å². The molecule has 0 aliphatic carbocycles. The van der Waals surface area contributed by atoms with E-state index in [-0.39, 0.29) is 0 Å². The molecule has 0 N–H and O–H groups in total. The molecule has 0 aliphatic heterocycles. The number of hydrogen-bond acceptors (Lipinski definition) is 1. The first-order valence-electron chi connectivity index (χ1n) is 12.8. The van der Waals surface area contributed by atoms with Gasteiger partial charge in [0, 0.05) is 26.5 Å². The van der Waals surface area contributed by atoms with Crippen LogP contribution < -0.4 is 4.74 Å². The predicted octanol–water partition coefficient (Wildman–Crippen LogP) is 10.4. The number of aromatic nitrogens is 1. The summed E-state index contributed by atoms with van der Waals surface area (Å²) in [6.07, 6.45) is 13.3. The van der Waals surface area contributed by atoms with Crippen molar-refractivity contribution in [1.82, 2.24) is 4.57 Å². The summed E-state index contributed by atoms with van der Waals surface area (Å²) in [5, 5.41) is 3.77. The fourth-order valence-electron chi connectivity index (χ4n) is 4.71. The summed E-state index contributed by atoms with van der Waals surface area (Å²) >= 11 is 12.7. The third kappa shape index (κ3) is 6.29. The van der Waals surface area contributed by atoms with Gasteiger partial charge in [-0.15, -0.1) is 0 Å². The minimum atomic E-state index is 0.721. The first-order valence-corrected chi connectivity index (χ1v) is 13.6. The number of nitrogens with zero attached hydrogens (tertiary/aromatic N) is 1. The Hall–Kier alpha value is -2.16. The quantitative estimate of drug-likeness (QED) is 0.168. The van der Waals surface area contributed by atoms with E-state index in [1.807, 2.05) is 24.3 Å². The average Bonchev–Trinajstić information content (AvgIpc) is 3.15. The van der Waals surface area contributed by atoms with Crippen molar-refractivity contribution in [2.24, 2.45) is 0 Å². The van der Waals surface area contributed by atoms with E-state index in [1.165, 1.54) is 57.8 Å².